The molecule has 1 amide bonds. The van der Waals surface area contributed by atoms with Crippen molar-refractivity contribution in [1.29, 1.82) is 0 Å². The van der Waals surface area contributed by atoms with Crippen molar-refractivity contribution in [3.8, 4) is 0 Å². The van der Waals surface area contributed by atoms with Crippen LogP contribution in [0, 0.1) is 5.82 Å². The maximum atomic E-state index is 12.9. The largest absolute Gasteiger partial charge is 0.332 e. The Hall–Kier alpha value is -3.23. The molecule has 0 aliphatic heterocycles. The van der Waals surface area contributed by atoms with Crippen molar-refractivity contribution in [1.82, 2.24) is 18.7 Å². The van der Waals surface area contributed by atoms with Gasteiger partial charge in [-0.05, 0) is 24.3 Å². The van der Waals surface area contributed by atoms with Crippen LogP contribution in [0.2, 0.25) is 0 Å². The van der Waals surface area contributed by atoms with Gasteiger partial charge in [0.25, 0.3) is 5.56 Å². The second kappa shape index (κ2) is 5.76. The van der Waals surface area contributed by atoms with Gasteiger partial charge in [0.2, 0.25) is 5.91 Å². The van der Waals surface area contributed by atoms with Gasteiger partial charge in [0, 0.05) is 19.8 Å². The summed E-state index contributed by atoms with van der Waals surface area (Å²) in [6.45, 7) is -0.145. The van der Waals surface area contributed by atoms with Crippen molar-refractivity contribution in [3.63, 3.8) is 0 Å². The van der Waals surface area contributed by atoms with Crippen molar-refractivity contribution >= 4 is 22.8 Å². The first kappa shape index (κ1) is 15.7. The van der Waals surface area contributed by atoms with Crippen LogP contribution in [0.15, 0.2) is 40.2 Å². The van der Waals surface area contributed by atoms with E-state index in [1.54, 1.807) is 0 Å². The summed E-state index contributed by atoms with van der Waals surface area (Å²) < 4.78 is 16.5. The van der Waals surface area contributed by atoms with Crippen LogP contribution in [0.5, 0.6) is 0 Å². The highest BCUT2D eigenvalue weighted by molar-refractivity contribution is 5.91. The number of rotatable bonds is 3. The lowest BCUT2D eigenvalue weighted by Crippen LogP contribution is -2.37. The van der Waals surface area contributed by atoms with E-state index < -0.39 is 23.0 Å². The van der Waals surface area contributed by atoms with Crippen LogP contribution >= 0.6 is 0 Å². The van der Waals surface area contributed by atoms with E-state index >= 15 is 0 Å². The Labute approximate surface area is 134 Å². The van der Waals surface area contributed by atoms with Gasteiger partial charge in [0.1, 0.15) is 18.0 Å². The number of hydrogen-bond acceptors (Lipinski definition) is 4. The highest BCUT2D eigenvalue weighted by Gasteiger charge is 2.15. The molecule has 3 rings (SSSR count). The summed E-state index contributed by atoms with van der Waals surface area (Å²) in [6.07, 6.45) is 1.33. The minimum absolute atomic E-state index is 0.106. The van der Waals surface area contributed by atoms with Crippen molar-refractivity contribution in [2.75, 3.05) is 5.32 Å². The van der Waals surface area contributed by atoms with Crippen molar-refractivity contribution in [3.05, 3.63) is 57.2 Å². The highest BCUT2D eigenvalue weighted by atomic mass is 19.1. The lowest BCUT2D eigenvalue weighted by molar-refractivity contribution is -0.116. The molecule has 2 heterocycles. The second-order valence-corrected chi connectivity index (χ2v) is 5.31. The van der Waals surface area contributed by atoms with Crippen LogP contribution in [0.1, 0.15) is 0 Å². The van der Waals surface area contributed by atoms with Gasteiger partial charge >= 0.3 is 5.69 Å². The molecule has 0 saturated carbocycles. The summed E-state index contributed by atoms with van der Waals surface area (Å²) in [5, 5.41) is 2.61. The van der Waals surface area contributed by atoms with Crippen molar-refractivity contribution in [2.45, 2.75) is 6.54 Å². The molecule has 0 atom stereocenters. The smallest absolute Gasteiger partial charge is 0.325 e. The summed E-state index contributed by atoms with van der Waals surface area (Å²) in [5.41, 5.74) is -0.221. The van der Waals surface area contributed by atoms with Crippen LogP contribution in [-0.2, 0) is 25.4 Å². The highest BCUT2D eigenvalue weighted by Crippen LogP contribution is 2.10. The molecule has 0 radical (unpaired) electrons. The number of aromatic nitrogens is 4. The minimum atomic E-state index is -0.522. The van der Waals surface area contributed by atoms with E-state index in [0.717, 1.165) is 4.57 Å². The number of fused-ring (bicyclic) bond motifs is 1. The van der Waals surface area contributed by atoms with Gasteiger partial charge in [-0.2, -0.15) is 0 Å². The molecule has 124 valence electrons. The molecule has 3 aromatic rings. The fourth-order valence-corrected chi connectivity index (χ4v) is 2.44. The van der Waals surface area contributed by atoms with Gasteiger partial charge in [-0.3, -0.25) is 18.7 Å². The number of anilines is 1. The number of aryl methyl sites for hydroxylation is 1. The van der Waals surface area contributed by atoms with Gasteiger partial charge in [0.15, 0.2) is 5.52 Å². The van der Waals surface area contributed by atoms with E-state index in [9.17, 15) is 18.8 Å². The molecule has 0 spiro atoms. The monoisotopic (exact) mass is 331 g/mol. The zero-order chi connectivity index (χ0) is 17.4. The molecule has 9 heteroatoms. The van der Waals surface area contributed by atoms with E-state index in [1.807, 2.05) is 0 Å². The average Bonchev–Trinajstić information content (AvgIpc) is 2.96. The number of halogens is 1. The van der Waals surface area contributed by atoms with Gasteiger partial charge in [-0.25, -0.2) is 14.2 Å². The van der Waals surface area contributed by atoms with Crippen LogP contribution < -0.4 is 16.6 Å². The van der Waals surface area contributed by atoms with E-state index in [0.29, 0.717) is 5.69 Å². The first-order valence-electron chi connectivity index (χ1n) is 7.04. The normalized spacial score (nSPS) is 11.0. The number of amides is 1. The van der Waals surface area contributed by atoms with E-state index in [4.69, 9.17) is 0 Å². The predicted octanol–water partition coefficient (Wildman–Crippen LogP) is 0.211. The third-order valence-corrected chi connectivity index (χ3v) is 3.65. The molecule has 1 aromatic carbocycles. The predicted molar refractivity (Wildman–Crippen MR) is 85.2 cm³/mol. The van der Waals surface area contributed by atoms with Crippen molar-refractivity contribution < 1.29 is 9.18 Å². The molecule has 0 aliphatic rings. The van der Waals surface area contributed by atoms with Gasteiger partial charge < -0.3 is 9.88 Å². The number of carbonyl (C=O) groups is 1. The minimum Gasteiger partial charge on any atom is -0.325 e. The lowest BCUT2D eigenvalue weighted by atomic mass is 10.3. The molecule has 0 saturated heterocycles. The number of nitrogens with one attached hydrogen (secondary N) is 1. The quantitative estimate of drug-likeness (QED) is 0.743. The third-order valence-electron chi connectivity index (χ3n) is 3.65. The zero-order valence-corrected chi connectivity index (χ0v) is 13.0. The Kier molecular flexibility index (Phi) is 3.76. The Morgan fingerprint density at radius 3 is 2.50 bits per heavy atom. The number of benzene rings is 1. The Morgan fingerprint density at radius 1 is 1.17 bits per heavy atom. The van der Waals surface area contributed by atoms with E-state index in [2.05, 4.69) is 10.3 Å². The Bertz CT molecular complexity index is 1050. The van der Waals surface area contributed by atoms with Crippen LogP contribution in [0.25, 0.3) is 11.2 Å². The summed E-state index contributed by atoms with van der Waals surface area (Å²) in [7, 11) is 2.87. The number of carbonyl (C=O) groups excluding carboxylic acids is 1. The van der Waals surface area contributed by atoms with Gasteiger partial charge in [-0.15, -0.1) is 0 Å². The molecule has 8 nitrogen and oxygen atoms in total. The molecule has 0 aliphatic carbocycles. The number of hydrogen-bond donors (Lipinski definition) is 1. The van der Waals surface area contributed by atoms with Crippen LogP contribution in [0.4, 0.5) is 10.1 Å². The van der Waals surface area contributed by atoms with E-state index in [1.165, 1.54) is 53.8 Å². The molecule has 0 bridgehead atoms. The first-order valence-corrected chi connectivity index (χ1v) is 7.04. The molecule has 1 N–H and O–H groups in total. The SMILES string of the molecule is Cn1c(=O)c2ncn(CC(=O)Nc3ccc(F)cc3)c2n(C)c1=O. The maximum absolute atomic E-state index is 12.9. The Morgan fingerprint density at radius 2 is 1.83 bits per heavy atom. The molecular formula is C15H14FN5O3. The molecule has 2 aromatic heterocycles. The summed E-state index contributed by atoms with van der Waals surface area (Å²) >= 11 is 0. The molecule has 24 heavy (non-hydrogen) atoms. The average molecular weight is 331 g/mol. The fourth-order valence-electron chi connectivity index (χ4n) is 2.44. The number of imidazole rings is 1. The summed E-state index contributed by atoms with van der Waals surface area (Å²) in [4.78, 5) is 40.2. The van der Waals surface area contributed by atoms with E-state index in [-0.39, 0.29) is 17.7 Å². The van der Waals surface area contributed by atoms with Gasteiger partial charge in [0.05, 0.1) is 6.33 Å². The molecule has 0 unspecified atom stereocenters. The van der Waals surface area contributed by atoms with Gasteiger partial charge in [-0.1, -0.05) is 0 Å². The third kappa shape index (κ3) is 2.60. The zero-order valence-electron chi connectivity index (χ0n) is 13.0. The number of nitrogens with zero attached hydrogens (tertiary/aromatic N) is 4. The van der Waals surface area contributed by atoms with Crippen LogP contribution in [0.3, 0.4) is 0 Å². The Balaban J connectivity index is 1.93. The lowest BCUT2D eigenvalue weighted by Gasteiger charge is -2.09. The standard InChI is InChI=1S/C15H14FN5O3/c1-19-13-12(14(23)20(2)15(19)24)17-8-21(13)7-11(22)18-10-5-3-9(16)4-6-10/h3-6,8H,7H2,1-2H3,(H,18,22). The summed E-state index contributed by atoms with van der Waals surface area (Å²) in [5.74, 6) is -0.798. The molecular weight excluding hydrogens is 317 g/mol. The topological polar surface area (TPSA) is 90.9 Å². The second-order valence-electron chi connectivity index (χ2n) is 5.31. The fraction of sp³-hybridized carbons (Fsp3) is 0.200. The van der Waals surface area contributed by atoms with Crippen molar-refractivity contribution in [2.24, 2.45) is 14.1 Å². The van der Waals surface area contributed by atoms with Crippen LogP contribution in [-0.4, -0.2) is 24.6 Å². The maximum Gasteiger partial charge on any atom is 0.332 e. The molecule has 0 fully saturated rings. The first-order chi connectivity index (χ1) is 11.4. The summed E-state index contributed by atoms with van der Waals surface area (Å²) in [6, 6.07) is 5.33.